The van der Waals surface area contributed by atoms with Gasteiger partial charge in [0, 0.05) is 21.0 Å². The number of benzene rings is 2. The standard InChI is InChI=1S/C24H24BrN3OS/c1-4-19(16-9-11-18(25)12-10-16)26-13-20-27-23(29)22-21(15(3)30-24(22)28-20)17-7-5-14(2)6-8-17/h5-12,19,26H,4,13H2,1-3H3,(H,27,28,29)/t19-/m0/s1. The maximum absolute atomic E-state index is 13.0. The van der Waals surface area contributed by atoms with Gasteiger partial charge in [-0.05, 0) is 43.5 Å². The summed E-state index contributed by atoms with van der Waals surface area (Å²) in [4.78, 5) is 22.6. The Balaban J connectivity index is 1.63. The Kier molecular flexibility index (Phi) is 6.18. The van der Waals surface area contributed by atoms with Crippen LogP contribution in [0.1, 0.15) is 41.2 Å². The number of fused-ring (bicyclic) bond motifs is 1. The Morgan fingerprint density at radius 1 is 1.10 bits per heavy atom. The minimum absolute atomic E-state index is 0.0755. The van der Waals surface area contributed by atoms with Crippen molar-refractivity contribution in [2.24, 2.45) is 0 Å². The number of hydrogen-bond donors (Lipinski definition) is 2. The highest BCUT2D eigenvalue weighted by atomic mass is 79.9. The van der Waals surface area contributed by atoms with E-state index in [1.54, 1.807) is 11.3 Å². The molecule has 4 rings (SSSR count). The van der Waals surface area contributed by atoms with Gasteiger partial charge in [-0.3, -0.25) is 4.79 Å². The van der Waals surface area contributed by atoms with Crippen LogP contribution in [-0.2, 0) is 6.54 Å². The predicted octanol–water partition coefficient (Wildman–Crippen LogP) is 6.27. The normalized spacial score (nSPS) is 12.4. The largest absolute Gasteiger partial charge is 0.309 e. The molecule has 0 unspecified atom stereocenters. The number of aryl methyl sites for hydroxylation is 2. The van der Waals surface area contributed by atoms with E-state index in [9.17, 15) is 4.79 Å². The third kappa shape index (κ3) is 4.26. The number of aromatic nitrogens is 2. The Labute approximate surface area is 188 Å². The van der Waals surface area contributed by atoms with E-state index in [0.29, 0.717) is 17.8 Å². The SMILES string of the molecule is CC[C@H](NCc1nc2sc(C)c(-c3ccc(C)cc3)c2c(=O)[nH]1)c1ccc(Br)cc1. The zero-order chi connectivity index (χ0) is 21.3. The number of nitrogens with zero attached hydrogens (tertiary/aromatic N) is 1. The summed E-state index contributed by atoms with van der Waals surface area (Å²) < 4.78 is 1.06. The van der Waals surface area contributed by atoms with Gasteiger partial charge in [0.05, 0.1) is 11.9 Å². The molecule has 1 atom stereocenters. The van der Waals surface area contributed by atoms with Crippen LogP contribution in [0.3, 0.4) is 0 Å². The Hall–Kier alpha value is -2.28. The lowest BCUT2D eigenvalue weighted by atomic mass is 10.0. The van der Waals surface area contributed by atoms with Crippen molar-refractivity contribution < 1.29 is 0 Å². The summed E-state index contributed by atoms with van der Waals surface area (Å²) in [7, 11) is 0. The highest BCUT2D eigenvalue weighted by Gasteiger charge is 2.17. The zero-order valence-electron chi connectivity index (χ0n) is 17.3. The first-order chi connectivity index (χ1) is 14.5. The molecule has 2 aromatic carbocycles. The van der Waals surface area contributed by atoms with Gasteiger partial charge in [-0.25, -0.2) is 4.98 Å². The molecular weight excluding hydrogens is 458 g/mol. The number of H-pyrrole nitrogens is 1. The molecule has 2 N–H and O–H groups in total. The summed E-state index contributed by atoms with van der Waals surface area (Å²) >= 11 is 5.06. The quantitative estimate of drug-likeness (QED) is 0.341. The summed E-state index contributed by atoms with van der Waals surface area (Å²) in [6.07, 6.45) is 0.948. The molecule has 0 amide bonds. The summed E-state index contributed by atoms with van der Waals surface area (Å²) in [5, 5.41) is 4.21. The fourth-order valence-corrected chi connectivity index (χ4v) is 5.06. The fourth-order valence-electron chi connectivity index (χ4n) is 3.73. The summed E-state index contributed by atoms with van der Waals surface area (Å²) in [6.45, 7) is 6.78. The maximum atomic E-state index is 13.0. The summed E-state index contributed by atoms with van der Waals surface area (Å²) in [5.41, 5.74) is 4.40. The van der Waals surface area contributed by atoms with Crippen LogP contribution in [0.15, 0.2) is 57.8 Å². The molecule has 4 nitrogen and oxygen atoms in total. The predicted molar refractivity (Wildman–Crippen MR) is 129 cm³/mol. The van der Waals surface area contributed by atoms with E-state index < -0.39 is 0 Å². The Morgan fingerprint density at radius 3 is 2.47 bits per heavy atom. The molecule has 0 aliphatic rings. The lowest BCUT2D eigenvalue weighted by Crippen LogP contribution is -2.23. The number of halogens is 1. The first-order valence-electron chi connectivity index (χ1n) is 10.0. The monoisotopic (exact) mass is 481 g/mol. The molecule has 154 valence electrons. The number of thiophene rings is 1. The lowest BCUT2D eigenvalue weighted by Gasteiger charge is -2.17. The molecule has 0 radical (unpaired) electrons. The minimum Gasteiger partial charge on any atom is -0.309 e. The third-order valence-electron chi connectivity index (χ3n) is 5.32. The van der Waals surface area contributed by atoms with Crippen molar-refractivity contribution >= 4 is 37.5 Å². The van der Waals surface area contributed by atoms with Crippen molar-refractivity contribution in [3.63, 3.8) is 0 Å². The second-order valence-corrected chi connectivity index (χ2v) is 9.60. The van der Waals surface area contributed by atoms with E-state index in [2.05, 4.69) is 83.4 Å². The summed E-state index contributed by atoms with van der Waals surface area (Å²) in [6, 6.07) is 16.8. The number of rotatable bonds is 6. The molecule has 0 aliphatic carbocycles. The molecule has 0 aliphatic heterocycles. The van der Waals surface area contributed by atoms with Gasteiger partial charge in [0.2, 0.25) is 0 Å². The number of hydrogen-bond acceptors (Lipinski definition) is 4. The van der Waals surface area contributed by atoms with E-state index in [-0.39, 0.29) is 11.6 Å². The Morgan fingerprint density at radius 2 is 1.80 bits per heavy atom. The van der Waals surface area contributed by atoms with Gasteiger partial charge in [0.1, 0.15) is 10.7 Å². The van der Waals surface area contributed by atoms with Crippen LogP contribution in [0.25, 0.3) is 21.3 Å². The first kappa shape index (κ1) is 21.0. The van der Waals surface area contributed by atoms with E-state index in [4.69, 9.17) is 4.98 Å². The maximum Gasteiger partial charge on any atom is 0.260 e. The van der Waals surface area contributed by atoms with Gasteiger partial charge >= 0.3 is 0 Å². The van der Waals surface area contributed by atoms with Crippen LogP contribution in [0.2, 0.25) is 0 Å². The smallest absolute Gasteiger partial charge is 0.260 e. The Bertz CT molecular complexity index is 1230. The van der Waals surface area contributed by atoms with Crippen molar-refractivity contribution in [2.45, 2.75) is 39.8 Å². The third-order valence-corrected chi connectivity index (χ3v) is 6.85. The van der Waals surface area contributed by atoms with Gasteiger partial charge < -0.3 is 10.3 Å². The van der Waals surface area contributed by atoms with Crippen LogP contribution in [0, 0.1) is 13.8 Å². The van der Waals surface area contributed by atoms with Crippen LogP contribution in [0.5, 0.6) is 0 Å². The van der Waals surface area contributed by atoms with Gasteiger partial charge in [-0.2, -0.15) is 0 Å². The van der Waals surface area contributed by atoms with E-state index in [1.165, 1.54) is 11.1 Å². The lowest BCUT2D eigenvalue weighted by molar-refractivity contribution is 0.509. The highest BCUT2D eigenvalue weighted by molar-refractivity contribution is 9.10. The topological polar surface area (TPSA) is 57.8 Å². The van der Waals surface area contributed by atoms with Gasteiger partial charge in [-0.15, -0.1) is 11.3 Å². The summed E-state index contributed by atoms with van der Waals surface area (Å²) in [5.74, 6) is 0.666. The molecule has 4 aromatic rings. The highest BCUT2D eigenvalue weighted by Crippen LogP contribution is 2.35. The molecule has 2 heterocycles. The minimum atomic E-state index is -0.0755. The van der Waals surface area contributed by atoms with Crippen LogP contribution < -0.4 is 10.9 Å². The van der Waals surface area contributed by atoms with Crippen molar-refractivity contribution in [1.29, 1.82) is 0 Å². The molecule has 0 spiro atoms. The molecule has 0 bridgehead atoms. The second kappa shape index (κ2) is 8.84. The van der Waals surface area contributed by atoms with Crippen LogP contribution in [0.4, 0.5) is 0 Å². The van der Waals surface area contributed by atoms with E-state index >= 15 is 0 Å². The zero-order valence-corrected chi connectivity index (χ0v) is 19.7. The van der Waals surface area contributed by atoms with E-state index in [0.717, 1.165) is 31.7 Å². The first-order valence-corrected chi connectivity index (χ1v) is 11.7. The molecule has 30 heavy (non-hydrogen) atoms. The molecule has 6 heteroatoms. The number of aromatic amines is 1. The van der Waals surface area contributed by atoms with Crippen molar-refractivity contribution in [2.75, 3.05) is 0 Å². The molecule has 0 saturated heterocycles. The van der Waals surface area contributed by atoms with E-state index in [1.807, 2.05) is 12.1 Å². The van der Waals surface area contributed by atoms with Crippen molar-refractivity contribution in [1.82, 2.24) is 15.3 Å². The van der Waals surface area contributed by atoms with Gasteiger partial charge in [-0.1, -0.05) is 64.8 Å². The molecular formula is C24H24BrN3OS. The average Bonchev–Trinajstić information content (AvgIpc) is 3.06. The van der Waals surface area contributed by atoms with Crippen LogP contribution >= 0.6 is 27.3 Å². The van der Waals surface area contributed by atoms with Crippen molar-refractivity contribution in [3.05, 3.63) is 85.2 Å². The number of nitrogens with one attached hydrogen (secondary N) is 2. The van der Waals surface area contributed by atoms with Crippen molar-refractivity contribution in [3.8, 4) is 11.1 Å². The fraction of sp³-hybridized carbons (Fsp3) is 0.250. The molecule has 2 aromatic heterocycles. The van der Waals surface area contributed by atoms with Gasteiger partial charge in [0.15, 0.2) is 0 Å². The second-order valence-electron chi connectivity index (χ2n) is 7.49. The average molecular weight is 482 g/mol. The van der Waals surface area contributed by atoms with Crippen LogP contribution in [-0.4, -0.2) is 9.97 Å². The van der Waals surface area contributed by atoms with Gasteiger partial charge in [0.25, 0.3) is 5.56 Å². The molecule has 0 fully saturated rings. The molecule has 0 saturated carbocycles.